The van der Waals surface area contributed by atoms with Crippen molar-refractivity contribution in [3.05, 3.63) is 59.4 Å². The minimum atomic E-state index is -0.353. The van der Waals surface area contributed by atoms with E-state index in [2.05, 4.69) is 4.90 Å². The predicted molar refractivity (Wildman–Crippen MR) is 102 cm³/mol. The molecule has 1 saturated heterocycles. The van der Waals surface area contributed by atoms with Crippen molar-refractivity contribution < 1.29 is 14.4 Å². The van der Waals surface area contributed by atoms with E-state index in [9.17, 15) is 9.50 Å². The number of thioether (sulfide) groups is 1. The van der Waals surface area contributed by atoms with Crippen LogP contribution >= 0.6 is 23.4 Å². The molecule has 0 radical (unpaired) electrons. The normalized spacial score (nSPS) is 16.8. The largest absolute Gasteiger partial charge is 0.386 e. The van der Waals surface area contributed by atoms with Crippen LogP contribution in [-0.4, -0.2) is 49.7 Å². The van der Waals surface area contributed by atoms with Gasteiger partial charge in [-0.15, -0.1) is 11.8 Å². The van der Waals surface area contributed by atoms with E-state index in [-0.39, 0.29) is 11.9 Å². The van der Waals surface area contributed by atoms with Crippen LogP contribution in [0.1, 0.15) is 0 Å². The van der Waals surface area contributed by atoms with Gasteiger partial charge in [-0.2, -0.15) is 0 Å². The van der Waals surface area contributed by atoms with Crippen LogP contribution < -0.4 is 9.80 Å². The van der Waals surface area contributed by atoms with Crippen LogP contribution in [-0.2, 0) is 0 Å². The minimum absolute atomic E-state index is 0.202. The molecule has 134 valence electrons. The third kappa shape index (κ3) is 5.35. The molecule has 3 nitrogen and oxygen atoms in total. The van der Waals surface area contributed by atoms with Crippen molar-refractivity contribution in [1.82, 2.24) is 0 Å². The summed E-state index contributed by atoms with van der Waals surface area (Å²) in [5.41, 5.74) is 1.07. The zero-order valence-electron chi connectivity index (χ0n) is 14.0. The number of nitrogens with zero attached hydrogens (tertiary/aromatic N) is 1. The van der Waals surface area contributed by atoms with Gasteiger partial charge >= 0.3 is 0 Å². The number of aliphatic hydroxyl groups excluding tert-OH is 1. The minimum Gasteiger partial charge on any atom is -0.386 e. The number of benzene rings is 2. The van der Waals surface area contributed by atoms with Gasteiger partial charge in [0.25, 0.3) is 0 Å². The average molecular weight is 382 g/mol. The van der Waals surface area contributed by atoms with Gasteiger partial charge in [-0.05, 0) is 36.4 Å². The Morgan fingerprint density at radius 2 is 1.80 bits per heavy atom. The first-order valence-electron chi connectivity index (χ1n) is 8.51. The third-order valence-electron chi connectivity index (χ3n) is 4.45. The van der Waals surface area contributed by atoms with Crippen molar-refractivity contribution in [3.8, 4) is 0 Å². The molecule has 0 saturated carbocycles. The lowest BCUT2D eigenvalue weighted by Crippen LogP contribution is -3.15. The summed E-state index contributed by atoms with van der Waals surface area (Å²) in [6.07, 6.45) is -0.353. The number of halogens is 2. The fraction of sp³-hybridized carbons (Fsp3) is 0.368. The SMILES string of the molecule is O[C@@H](CSc1ccccc1Cl)C[NH+]1CCN(c2ccc(F)cc2)CC1. The van der Waals surface area contributed by atoms with E-state index in [1.165, 1.54) is 17.0 Å². The van der Waals surface area contributed by atoms with Crippen LogP contribution in [0.3, 0.4) is 0 Å². The molecule has 0 aromatic heterocycles. The summed E-state index contributed by atoms with van der Waals surface area (Å²) in [5, 5.41) is 11.1. The number of piperazine rings is 1. The van der Waals surface area contributed by atoms with Crippen LogP contribution in [0.2, 0.25) is 5.02 Å². The fourth-order valence-corrected chi connectivity index (χ4v) is 4.25. The van der Waals surface area contributed by atoms with E-state index in [1.807, 2.05) is 36.4 Å². The van der Waals surface area contributed by atoms with Gasteiger partial charge in [0.15, 0.2) is 0 Å². The van der Waals surface area contributed by atoms with Gasteiger partial charge in [0, 0.05) is 16.3 Å². The molecule has 1 heterocycles. The van der Waals surface area contributed by atoms with Gasteiger partial charge in [0.1, 0.15) is 18.5 Å². The highest BCUT2D eigenvalue weighted by atomic mass is 35.5. The Hall–Kier alpha value is -1.27. The van der Waals surface area contributed by atoms with Gasteiger partial charge in [0.2, 0.25) is 0 Å². The lowest BCUT2D eigenvalue weighted by Gasteiger charge is -2.34. The van der Waals surface area contributed by atoms with Crippen molar-refractivity contribution in [3.63, 3.8) is 0 Å². The summed E-state index contributed by atoms with van der Waals surface area (Å²) in [7, 11) is 0. The van der Waals surface area contributed by atoms with Crippen molar-refractivity contribution in [2.45, 2.75) is 11.0 Å². The maximum absolute atomic E-state index is 13.0. The van der Waals surface area contributed by atoms with Crippen LogP contribution in [0.4, 0.5) is 10.1 Å². The highest BCUT2D eigenvalue weighted by Gasteiger charge is 2.22. The summed E-state index contributed by atoms with van der Waals surface area (Å²) in [5.74, 6) is 0.446. The van der Waals surface area contributed by atoms with Crippen molar-refractivity contribution >= 4 is 29.1 Å². The van der Waals surface area contributed by atoms with Crippen molar-refractivity contribution in [1.29, 1.82) is 0 Å². The lowest BCUT2D eigenvalue weighted by molar-refractivity contribution is -0.903. The molecule has 3 rings (SSSR count). The number of nitrogens with one attached hydrogen (secondary N) is 1. The van der Waals surface area contributed by atoms with E-state index >= 15 is 0 Å². The first kappa shape index (κ1) is 18.5. The Morgan fingerprint density at radius 3 is 2.48 bits per heavy atom. The Kier molecular flexibility index (Phi) is 6.59. The van der Waals surface area contributed by atoms with Crippen molar-refractivity contribution in [2.75, 3.05) is 43.4 Å². The van der Waals surface area contributed by atoms with Gasteiger partial charge in [-0.25, -0.2) is 4.39 Å². The smallest absolute Gasteiger partial charge is 0.123 e. The first-order valence-corrected chi connectivity index (χ1v) is 9.87. The molecule has 2 aromatic carbocycles. The molecule has 2 N–H and O–H groups in total. The van der Waals surface area contributed by atoms with E-state index in [0.29, 0.717) is 5.75 Å². The Morgan fingerprint density at radius 1 is 1.12 bits per heavy atom. The summed E-state index contributed by atoms with van der Waals surface area (Å²) in [6.45, 7) is 4.54. The average Bonchev–Trinajstić information content (AvgIpc) is 2.62. The maximum Gasteiger partial charge on any atom is 0.123 e. The molecule has 25 heavy (non-hydrogen) atoms. The second kappa shape index (κ2) is 8.90. The molecule has 0 bridgehead atoms. The summed E-state index contributed by atoms with van der Waals surface area (Å²) < 4.78 is 13.0. The molecule has 0 spiro atoms. The molecule has 1 atom stereocenters. The number of aliphatic hydroxyl groups is 1. The highest BCUT2D eigenvalue weighted by molar-refractivity contribution is 7.99. The first-order chi connectivity index (χ1) is 12.1. The van der Waals surface area contributed by atoms with Crippen molar-refractivity contribution in [2.24, 2.45) is 0 Å². The molecule has 1 fully saturated rings. The van der Waals surface area contributed by atoms with Crippen LogP contribution in [0, 0.1) is 5.82 Å². The Labute approximate surface area is 157 Å². The second-order valence-corrected chi connectivity index (χ2v) is 7.78. The third-order valence-corrected chi connectivity index (χ3v) is 6.11. The van der Waals surface area contributed by atoms with Gasteiger partial charge < -0.3 is 14.9 Å². The van der Waals surface area contributed by atoms with E-state index in [1.54, 1.807) is 11.8 Å². The fourth-order valence-electron chi connectivity index (χ4n) is 3.08. The van der Waals surface area contributed by atoms with Crippen LogP contribution in [0.15, 0.2) is 53.4 Å². The molecule has 1 aliphatic rings. The maximum atomic E-state index is 13.0. The zero-order chi connectivity index (χ0) is 17.6. The summed E-state index contributed by atoms with van der Waals surface area (Å²) >= 11 is 7.75. The zero-order valence-corrected chi connectivity index (χ0v) is 15.6. The van der Waals surface area contributed by atoms with E-state index in [4.69, 9.17) is 11.6 Å². The molecule has 6 heteroatoms. The highest BCUT2D eigenvalue weighted by Crippen LogP contribution is 2.26. The number of anilines is 1. The topological polar surface area (TPSA) is 27.9 Å². The van der Waals surface area contributed by atoms with Crippen LogP contribution in [0.5, 0.6) is 0 Å². The molecule has 0 unspecified atom stereocenters. The van der Waals surface area contributed by atoms with Gasteiger partial charge in [-0.1, -0.05) is 23.7 Å². The summed E-state index contributed by atoms with van der Waals surface area (Å²) in [4.78, 5) is 4.69. The second-order valence-electron chi connectivity index (χ2n) is 6.31. The number of hydrogen-bond donors (Lipinski definition) is 2. The Balaban J connectivity index is 1.42. The standard InChI is InChI=1S/C19H22ClFN2OS/c20-18-3-1-2-4-19(18)25-14-17(24)13-22-9-11-23(12-10-22)16-7-5-15(21)6-8-16/h1-8,17,24H,9-14H2/p+1/t17-/m1/s1. The number of hydrogen-bond acceptors (Lipinski definition) is 3. The lowest BCUT2D eigenvalue weighted by atomic mass is 10.2. The molecule has 1 aliphatic heterocycles. The van der Waals surface area contributed by atoms with E-state index in [0.717, 1.165) is 48.3 Å². The summed E-state index contributed by atoms with van der Waals surface area (Å²) in [6, 6.07) is 14.4. The molecule has 0 amide bonds. The quantitative estimate of drug-likeness (QED) is 0.752. The van der Waals surface area contributed by atoms with Gasteiger partial charge in [-0.3, -0.25) is 0 Å². The number of rotatable bonds is 6. The number of quaternary nitrogens is 1. The van der Waals surface area contributed by atoms with Gasteiger partial charge in [0.05, 0.1) is 31.2 Å². The predicted octanol–water partition coefficient (Wildman–Crippen LogP) is 2.34. The van der Waals surface area contributed by atoms with Crippen LogP contribution in [0.25, 0.3) is 0 Å². The monoisotopic (exact) mass is 381 g/mol. The molecule has 2 aromatic rings. The van der Waals surface area contributed by atoms with E-state index < -0.39 is 0 Å². The molecular weight excluding hydrogens is 359 g/mol. The Bertz CT molecular complexity index is 677. The molecule has 0 aliphatic carbocycles. The molecular formula is C19H23ClFN2OS+.